The van der Waals surface area contributed by atoms with E-state index in [1.165, 1.54) is 27.2 Å². The quantitative estimate of drug-likeness (QED) is 0.212. The summed E-state index contributed by atoms with van der Waals surface area (Å²) in [5.41, 5.74) is 1.87. The van der Waals surface area contributed by atoms with Gasteiger partial charge in [0, 0.05) is 41.8 Å². The summed E-state index contributed by atoms with van der Waals surface area (Å²) in [5, 5.41) is 1.55. The molecular weight excluding hydrogens is 632 g/mol. The van der Waals surface area contributed by atoms with E-state index in [0.29, 0.717) is 51.5 Å². The van der Waals surface area contributed by atoms with Crippen molar-refractivity contribution < 1.29 is 0 Å². The highest BCUT2D eigenvalue weighted by atomic mass is 32.1. The van der Waals surface area contributed by atoms with E-state index >= 15 is 0 Å². The lowest BCUT2D eigenvalue weighted by molar-refractivity contribution is 0.526. The van der Waals surface area contributed by atoms with E-state index in [0.717, 1.165) is 59.2 Å². The summed E-state index contributed by atoms with van der Waals surface area (Å²) >= 11 is 1.03. The fraction of sp³-hybridized carbons (Fsp3) is 0.394. The lowest BCUT2D eigenvalue weighted by Crippen LogP contribution is -2.39. The fourth-order valence-corrected chi connectivity index (χ4v) is 7.36. The molecule has 0 saturated carbocycles. The molecule has 0 aliphatic rings. The molecule has 0 saturated heterocycles. The molecule has 0 spiro atoms. The number of aryl methyl sites for hydroxylation is 4. The minimum atomic E-state index is -0.472. The van der Waals surface area contributed by atoms with E-state index in [1.807, 2.05) is 24.3 Å². The lowest BCUT2D eigenvalue weighted by Gasteiger charge is -2.13. The molecule has 0 aliphatic carbocycles. The fourth-order valence-electron chi connectivity index (χ4n) is 6.80. The molecule has 0 amide bonds. The highest BCUT2D eigenvalue weighted by molar-refractivity contribution is 7.00. The Hall–Kier alpha value is -5.18. The monoisotopic (exact) mass is 668 g/mol. The average molecular weight is 669 g/mol. The predicted molar refractivity (Wildman–Crippen MR) is 188 cm³/mol. The minimum Gasteiger partial charge on any atom is -0.321 e. The zero-order valence-electron chi connectivity index (χ0n) is 27.8. The number of fused-ring (bicyclic) bond motifs is 4. The van der Waals surface area contributed by atoms with Gasteiger partial charge in [0.15, 0.2) is 22.3 Å². The molecule has 5 aromatic heterocycles. The Labute approximate surface area is 277 Å². The van der Waals surface area contributed by atoms with Gasteiger partial charge in [-0.15, -0.1) is 0 Å². The second-order valence-corrected chi connectivity index (χ2v) is 12.9. The van der Waals surface area contributed by atoms with Gasteiger partial charge in [0.2, 0.25) is 0 Å². The summed E-state index contributed by atoms with van der Waals surface area (Å²) in [6.45, 7) is 2.52. The minimum absolute atomic E-state index is 0.263. The van der Waals surface area contributed by atoms with Gasteiger partial charge in [-0.1, -0.05) is 63.3 Å². The molecule has 2 aromatic carbocycles. The Morgan fingerprint density at radius 3 is 1.67 bits per heavy atom. The molecule has 0 atom stereocenters. The molecule has 0 aliphatic heterocycles. The Kier molecular flexibility index (Phi) is 7.73. The Balaban J connectivity index is 1.46. The summed E-state index contributed by atoms with van der Waals surface area (Å²) in [6.07, 6.45) is 6.26. The maximum atomic E-state index is 13.9. The largest absolute Gasteiger partial charge is 0.332 e. The first-order chi connectivity index (χ1) is 23.1. The highest BCUT2D eigenvalue weighted by Crippen LogP contribution is 2.42. The van der Waals surface area contributed by atoms with Crippen LogP contribution in [0.1, 0.15) is 45.4 Å². The molecule has 0 bridgehead atoms. The number of nitrogens with zero attached hydrogens (tertiary/aromatic N) is 10. The summed E-state index contributed by atoms with van der Waals surface area (Å²) in [7, 11) is 8.19. The van der Waals surface area contributed by atoms with Gasteiger partial charge in [0.05, 0.1) is 22.9 Å². The summed E-state index contributed by atoms with van der Waals surface area (Å²) in [4.78, 5) is 63.0. The first-order valence-corrected chi connectivity index (χ1v) is 16.8. The SMILES string of the molecule is CCCCCCCCn1c(=O)c2c(nc(-c3c4ccccc4c(-c4nc5c(c(=O)n(C)c(=O)n5C)n4C)c4nsnc34)n2C)n(C)c1=O. The molecule has 15 heteroatoms. The molecule has 0 radical (unpaired) electrons. The molecule has 0 unspecified atom stereocenters. The Bertz CT molecular complexity index is 2670. The summed E-state index contributed by atoms with van der Waals surface area (Å²) < 4.78 is 18.0. The maximum Gasteiger partial charge on any atom is 0.332 e. The van der Waals surface area contributed by atoms with Crippen molar-refractivity contribution in [2.75, 3.05) is 0 Å². The van der Waals surface area contributed by atoms with Gasteiger partial charge in [0.25, 0.3) is 11.1 Å². The van der Waals surface area contributed by atoms with E-state index in [-0.39, 0.29) is 16.7 Å². The third kappa shape index (κ3) is 4.51. The summed E-state index contributed by atoms with van der Waals surface area (Å²) in [5.74, 6) is 0.921. The van der Waals surface area contributed by atoms with Crippen LogP contribution in [0.2, 0.25) is 0 Å². The zero-order valence-corrected chi connectivity index (χ0v) is 28.6. The number of unbranched alkanes of at least 4 members (excludes halogenated alkanes) is 5. The predicted octanol–water partition coefficient (Wildman–Crippen LogP) is 3.57. The molecule has 7 rings (SSSR count). The first-order valence-electron chi connectivity index (χ1n) is 16.0. The van der Waals surface area contributed by atoms with Crippen molar-refractivity contribution in [1.82, 2.24) is 46.1 Å². The van der Waals surface area contributed by atoms with Gasteiger partial charge in [0.1, 0.15) is 22.7 Å². The van der Waals surface area contributed by atoms with Gasteiger partial charge in [-0.05, 0) is 17.2 Å². The van der Waals surface area contributed by atoms with Crippen LogP contribution < -0.4 is 22.5 Å². The number of hydrogen-bond acceptors (Lipinski definition) is 9. The Morgan fingerprint density at radius 2 is 1.10 bits per heavy atom. The maximum absolute atomic E-state index is 13.9. The van der Waals surface area contributed by atoms with Crippen LogP contribution in [0.25, 0.3) is 66.9 Å². The van der Waals surface area contributed by atoms with Gasteiger partial charge in [-0.2, -0.15) is 8.75 Å². The molecule has 7 aromatic rings. The van der Waals surface area contributed by atoms with Crippen LogP contribution in [-0.2, 0) is 41.8 Å². The molecule has 48 heavy (non-hydrogen) atoms. The average Bonchev–Trinajstić information content (AvgIpc) is 3.79. The van der Waals surface area contributed by atoms with Crippen LogP contribution in [0, 0.1) is 0 Å². The number of imidazole rings is 2. The number of hydrogen-bond donors (Lipinski definition) is 0. The second-order valence-electron chi connectivity index (χ2n) is 12.4. The molecular formula is C33H36N10O4S. The van der Waals surface area contributed by atoms with E-state index < -0.39 is 16.9 Å². The van der Waals surface area contributed by atoms with E-state index in [1.54, 1.807) is 37.3 Å². The lowest BCUT2D eigenvalue weighted by atomic mass is 9.96. The van der Waals surface area contributed by atoms with Crippen LogP contribution in [0.3, 0.4) is 0 Å². The van der Waals surface area contributed by atoms with Crippen LogP contribution in [0.15, 0.2) is 43.4 Å². The molecule has 248 valence electrons. The van der Waals surface area contributed by atoms with Gasteiger partial charge in [-0.3, -0.25) is 27.9 Å². The first kappa shape index (κ1) is 31.4. The van der Waals surface area contributed by atoms with E-state index in [2.05, 4.69) is 6.92 Å². The molecule has 5 heterocycles. The number of aromatic nitrogens is 10. The van der Waals surface area contributed by atoms with Crippen molar-refractivity contribution in [2.24, 2.45) is 35.2 Å². The van der Waals surface area contributed by atoms with Crippen LogP contribution in [0.5, 0.6) is 0 Å². The summed E-state index contributed by atoms with van der Waals surface area (Å²) in [6, 6.07) is 7.69. The number of rotatable bonds is 9. The smallest absolute Gasteiger partial charge is 0.321 e. The van der Waals surface area contributed by atoms with E-state index in [9.17, 15) is 19.2 Å². The number of benzene rings is 2. The van der Waals surface area contributed by atoms with Crippen molar-refractivity contribution in [2.45, 2.75) is 52.0 Å². The van der Waals surface area contributed by atoms with E-state index in [4.69, 9.17) is 18.7 Å². The van der Waals surface area contributed by atoms with Crippen LogP contribution in [-0.4, -0.2) is 46.1 Å². The van der Waals surface area contributed by atoms with Crippen molar-refractivity contribution in [1.29, 1.82) is 0 Å². The standard InChI is InChI=1S/C33H36N10O4S/c1-7-8-9-10-11-14-17-43-31(45)25-29(41(5)33(43)47)35-27(39(25)3)21-19-16-13-12-15-18(19)20(22-23(21)37-48-36-22)26-34-28-24(38(26)2)30(44)42(6)32(46)40(28)4/h12-13,15-16H,7-11,14,17H2,1-6H3. The topological polar surface area (TPSA) is 149 Å². The van der Waals surface area contributed by atoms with Gasteiger partial charge >= 0.3 is 11.4 Å². The molecule has 0 N–H and O–H groups in total. The normalized spacial score (nSPS) is 12.0. The van der Waals surface area contributed by atoms with Crippen molar-refractivity contribution >= 4 is 55.9 Å². The second kappa shape index (κ2) is 11.8. The molecule has 0 fully saturated rings. The van der Waals surface area contributed by atoms with Gasteiger partial charge < -0.3 is 9.13 Å². The third-order valence-corrected chi connectivity index (χ3v) is 9.97. The van der Waals surface area contributed by atoms with Crippen LogP contribution in [0.4, 0.5) is 0 Å². The van der Waals surface area contributed by atoms with Gasteiger partial charge in [-0.25, -0.2) is 19.6 Å². The van der Waals surface area contributed by atoms with Crippen LogP contribution >= 0.6 is 11.7 Å². The zero-order chi connectivity index (χ0) is 34.0. The van der Waals surface area contributed by atoms with Crippen molar-refractivity contribution in [3.63, 3.8) is 0 Å². The van der Waals surface area contributed by atoms with Crippen molar-refractivity contribution in [3.05, 3.63) is 65.9 Å². The molecule has 14 nitrogen and oxygen atoms in total. The Morgan fingerprint density at radius 1 is 0.604 bits per heavy atom. The third-order valence-electron chi connectivity index (χ3n) is 9.45. The highest BCUT2D eigenvalue weighted by Gasteiger charge is 2.28. The van der Waals surface area contributed by atoms with Crippen molar-refractivity contribution in [3.8, 4) is 22.8 Å².